The maximum absolute atomic E-state index is 13.1. The Morgan fingerprint density at radius 1 is 1.16 bits per heavy atom. The van der Waals surface area contributed by atoms with Gasteiger partial charge in [0.2, 0.25) is 0 Å². The van der Waals surface area contributed by atoms with Gasteiger partial charge in [-0.15, -0.1) is 0 Å². The summed E-state index contributed by atoms with van der Waals surface area (Å²) in [5.41, 5.74) is 1.53. The molecule has 0 radical (unpaired) electrons. The van der Waals surface area contributed by atoms with Crippen LogP contribution in [0, 0.1) is 10.1 Å². The lowest BCUT2D eigenvalue weighted by Gasteiger charge is -2.46. The van der Waals surface area contributed by atoms with Gasteiger partial charge in [-0.3, -0.25) is 14.9 Å². The SMILES string of the molecule is CCCCN1C(=O)c2ccccc2NC1(C)c1ccc([N+](=O)[O-])cc1. The average Bonchev–Trinajstić information content (AvgIpc) is 2.61. The van der Waals surface area contributed by atoms with E-state index >= 15 is 0 Å². The largest absolute Gasteiger partial charge is 0.358 e. The van der Waals surface area contributed by atoms with Crippen molar-refractivity contribution >= 4 is 17.3 Å². The number of para-hydroxylation sites is 1. The van der Waals surface area contributed by atoms with Crippen LogP contribution in [0.2, 0.25) is 0 Å². The van der Waals surface area contributed by atoms with Gasteiger partial charge < -0.3 is 10.2 Å². The fraction of sp³-hybridized carbons (Fsp3) is 0.316. The number of fused-ring (bicyclic) bond motifs is 1. The van der Waals surface area contributed by atoms with Gasteiger partial charge in [0, 0.05) is 24.4 Å². The fourth-order valence-electron chi connectivity index (χ4n) is 3.23. The number of hydrogen-bond donors (Lipinski definition) is 1. The molecular formula is C19H21N3O3. The average molecular weight is 339 g/mol. The standard InChI is InChI=1S/C19H21N3O3/c1-3-4-13-21-18(23)16-7-5-6-8-17(16)20-19(21,2)14-9-11-15(12-10-14)22(24)25/h5-12,20H,3-4,13H2,1-2H3. The molecule has 1 aliphatic heterocycles. The monoisotopic (exact) mass is 339 g/mol. The smallest absolute Gasteiger partial charge is 0.269 e. The Labute approximate surface area is 146 Å². The molecule has 25 heavy (non-hydrogen) atoms. The molecule has 2 aromatic rings. The van der Waals surface area contributed by atoms with E-state index in [1.54, 1.807) is 12.1 Å². The Morgan fingerprint density at radius 3 is 2.48 bits per heavy atom. The van der Waals surface area contributed by atoms with Gasteiger partial charge in [-0.25, -0.2) is 0 Å². The van der Waals surface area contributed by atoms with Crippen molar-refractivity contribution in [2.75, 3.05) is 11.9 Å². The third-order valence-electron chi connectivity index (χ3n) is 4.70. The second-order valence-electron chi connectivity index (χ2n) is 6.36. The number of non-ortho nitro benzene ring substituents is 1. The minimum absolute atomic E-state index is 0.0244. The molecule has 6 heteroatoms. The molecule has 130 valence electrons. The maximum Gasteiger partial charge on any atom is 0.269 e. The maximum atomic E-state index is 13.1. The molecular weight excluding hydrogens is 318 g/mol. The van der Waals surface area contributed by atoms with E-state index in [4.69, 9.17) is 0 Å². The van der Waals surface area contributed by atoms with E-state index in [0.29, 0.717) is 12.1 Å². The Morgan fingerprint density at radius 2 is 1.84 bits per heavy atom. The Bertz CT molecular complexity index is 804. The molecule has 2 aromatic carbocycles. The zero-order valence-corrected chi connectivity index (χ0v) is 14.4. The highest BCUT2D eigenvalue weighted by Gasteiger charge is 2.42. The van der Waals surface area contributed by atoms with E-state index in [0.717, 1.165) is 24.1 Å². The van der Waals surface area contributed by atoms with Crippen molar-refractivity contribution in [3.05, 3.63) is 69.8 Å². The third-order valence-corrected chi connectivity index (χ3v) is 4.70. The molecule has 6 nitrogen and oxygen atoms in total. The zero-order chi connectivity index (χ0) is 18.0. The van der Waals surface area contributed by atoms with E-state index in [1.807, 2.05) is 36.1 Å². The van der Waals surface area contributed by atoms with Gasteiger partial charge >= 0.3 is 0 Å². The summed E-state index contributed by atoms with van der Waals surface area (Å²) in [7, 11) is 0. The fourth-order valence-corrected chi connectivity index (χ4v) is 3.23. The molecule has 0 aromatic heterocycles. The lowest BCUT2D eigenvalue weighted by atomic mass is 9.93. The van der Waals surface area contributed by atoms with Crippen LogP contribution in [0.15, 0.2) is 48.5 Å². The van der Waals surface area contributed by atoms with Gasteiger partial charge in [0.1, 0.15) is 5.66 Å². The summed E-state index contributed by atoms with van der Waals surface area (Å²) >= 11 is 0. The first-order chi connectivity index (χ1) is 12.0. The van der Waals surface area contributed by atoms with Crippen LogP contribution in [-0.2, 0) is 5.66 Å². The van der Waals surface area contributed by atoms with Crippen LogP contribution in [0.1, 0.15) is 42.6 Å². The number of unbranched alkanes of at least 4 members (excludes halogenated alkanes) is 1. The van der Waals surface area contributed by atoms with Gasteiger partial charge in [0.25, 0.3) is 11.6 Å². The first-order valence-electron chi connectivity index (χ1n) is 8.41. The van der Waals surface area contributed by atoms with Crippen LogP contribution in [0.25, 0.3) is 0 Å². The summed E-state index contributed by atoms with van der Waals surface area (Å²) in [5, 5.41) is 14.4. The van der Waals surface area contributed by atoms with Crippen LogP contribution >= 0.6 is 0 Å². The van der Waals surface area contributed by atoms with Crippen molar-refractivity contribution in [1.82, 2.24) is 4.90 Å². The number of anilines is 1. The summed E-state index contributed by atoms with van der Waals surface area (Å²) in [6.45, 7) is 4.64. The van der Waals surface area contributed by atoms with Crippen LogP contribution in [0.4, 0.5) is 11.4 Å². The predicted octanol–water partition coefficient (Wildman–Crippen LogP) is 4.14. The molecule has 1 unspecified atom stereocenters. The Hall–Kier alpha value is -2.89. The van der Waals surface area contributed by atoms with E-state index in [2.05, 4.69) is 12.2 Å². The molecule has 1 amide bonds. The Kier molecular flexibility index (Phi) is 4.44. The number of carbonyl (C=O) groups excluding carboxylic acids is 1. The van der Waals surface area contributed by atoms with Crippen LogP contribution in [-0.4, -0.2) is 22.3 Å². The molecule has 0 spiro atoms. The van der Waals surface area contributed by atoms with E-state index < -0.39 is 10.6 Å². The van der Waals surface area contributed by atoms with Crippen LogP contribution < -0.4 is 5.32 Å². The summed E-state index contributed by atoms with van der Waals surface area (Å²) < 4.78 is 0. The normalized spacial score (nSPS) is 19.3. The van der Waals surface area contributed by atoms with Gasteiger partial charge in [0.15, 0.2) is 0 Å². The molecule has 0 aliphatic carbocycles. The topological polar surface area (TPSA) is 75.5 Å². The van der Waals surface area contributed by atoms with Crippen molar-refractivity contribution in [3.63, 3.8) is 0 Å². The number of nitrogens with zero attached hydrogens (tertiary/aromatic N) is 2. The first-order valence-corrected chi connectivity index (χ1v) is 8.41. The lowest BCUT2D eigenvalue weighted by Crippen LogP contribution is -2.56. The third kappa shape index (κ3) is 2.95. The number of amides is 1. The van der Waals surface area contributed by atoms with Crippen molar-refractivity contribution in [1.29, 1.82) is 0 Å². The van der Waals surface area contributed by atoms with Gasteiger partial charge in [-0.05, 0) is 43.2 Å². The highest BCUT2D eigenvalue weighted by atomic mass is 16.6. The van der Waals surface area contributed by atoms with Crippen molar-refractivity contribution < 1.29 is 9.72 Å². The van der Waals surface area contributed by atoms with Crippen molar-refractivity contribution in [3.8, 4) is 0 Å². The molecule has 0 saturated carbocycles. The summed E-state index contributed by atoms with van der Waals surface area (Å²) in [6, 6.07) is 13.8. The highest BCUT2D eigenvalue weighted by Crippen LogP contribution is 2.38. The zero-order valence-electron chi connectivity index (χ0n) is 14.4. The van der Waals surface area contributed by atoms with Crippen molar-refractivity contribution in [2.45, 2.75) is 32.4 Å². The Balaban J connectivity index is 2.06. The van der Waals surface area contributed by atoms with Crippen molar-refractivity contribution in [2.24, 2.45) is 0 Å². The molecule has 1 atom stereocenters. The van der Waals surface area contributed by atoms with E-state index in [-0.39, 0.29) is 11.6 Å². The number of rotatable bonds is 5. The number of carbonyl (C=O) groups is 1. The number of nitrogens with one attached hydrogen (secondary N) is 1. The highest BCUT2D eigenvalue weighted by molar-refractivity contribution is 6.02. The number of nitro groups is 1. The van der Waals surface area contributed by atoms with Gasteiger partial charge in [-0.1, -0.05) is 25.5 Å². The summed E-state index contributed by atoms with van der Waals surface area (Å²) in [4.78, 5) is 25.4. The number of hydrogen-bond acceptors (Lipinski definition) is 4. The molecule has 0 bridgehead atoms. The molecule has 1 heterocycles. The molecule has 0 saturated heterocycles. The lowest BCUT2D eigenvalue weighted by molar-refractivity contribution is -0.384. The summed E-state index contributed by atoms with van der Waals surface area (Å²) in [5.74, 6) is -0.0244. The first kappa shape index (κ1) is 17.0. The molecule has 0 fully saturated rings. The molecule has 3 rings (SSSR count). The molecule has 1 N–H and O–H groups in total. The summed E-state index contributed by atoms with van der Waals surface area (Å²) in [6.07, 6.45) is 1.86. The van der Waals surface area contributed by atoms with Crippen LogP contribution in [0.3, 0.4) is 0 Å². The minimum atomic E-state index is -0.754. The van der Waals surface area contributed by atoms with E-state index in [9.17, 15) is 14.9 Å². The second-order valence-corrected chi connectivity index (χ2v) is 6.36. The van der Waals surface area contributed by atoms with Gasteiger partial charge in [0.05, 0.1) is 10.5 Å². The van der Waals surface area contributed by atoms with Gasteiger partial charge in [-0.2, -0.15) is 0 Å². The second kappa shape index (κ2) is 6.55. The number of benzene rings is 2. The number of nitro benzene ring substituents is 1. The quantitative estimate of drug-likeness (QED) is 0.656. The minimum Gasteiger partial charge on any atom is -0.358 e. The van der Waals surface area contributed by atoms with Crippen LogP contribution in [0.5, 0.6) is 0 Å². The molecule has 1 aliphatic rings. The predicted molar refractivity (Wildman–Crippen MR) is 96.5 cm³/mol. The van der Waals surface area contributed by atoms with E-state index in [1.165, 1.54) is 12.1 Å².